The summed E-state index contributed by atoms with van der Waals surface area (Å²) in [6, 6.07) is 1.29. The van der Waals surface area contributed by atoms with Crippen LogP contribution in [0.5, 0.6) is 0 Å². The molecule has 5 rings (SSSR count). The lowest BCUT2D eigenvalue weighted by Gasteiger charge is -2.38. The van der Waals surface area contributed by atoms with E-state index in [9.17, 15) is 0 Å². The predicted octanol–water partition coefficient (Wildman–Crippen LogP) is -2.42. The Balaban J connectivity index is 1.13. The standard InChI is InChI=1S/C21H40N6O2/c1-2-7-22-17(4-1)15-27-9-3-5-18(27)21-24-20(25-29-21)16-6-8-23-19(14-16)26-10-12-28-13-11-26/h16-25H,1-15H2/p+2/t16?,17?,18-,19?,20?,21?/m0/s1. The molecule has 6 unspecified atom stereocenters. The molecule has 166 valence electrons. The summed E-state index contributed by atoms with van der Waals surface area (Å²) in [6.07, 6.45) is 10.2. The summed E-state index contributed by atoms with van der Waals surface area (Å²) in [7, 11) is 0. The lowest BCUT2D eigenvalue weighted by Crippen LogP contribution is -3.16. The van der Waals surface area contributed by atoms with Crippen LogP contribution in [0.3, 0.4) is 0 Å². The largest absolute Gasteiger partial charge is 0.379 e. The third-order valence-corrected chi connectivity index (χ3v) is 8.00. The number of hydrogen-bond donors (Lipinski definition) is 5. The number of ether oxygens (including phenoxy) is 1. The number of likely N-dealkylation sites (tertiary alicyclic amines) is 1. The van der Waals surface area contributed by atoms with Gasteiger partial charge in [-0.25, -0.2) is 4.90 Å². The van der Waals surface area contributed by atoms with Gasteiger partial charge in [0.2, 0.25) is 0 Å². The topological polar surface area (TPSA) is 78.8 Å². The zero-order valence-electron chi connectivity index (χ0n) is 17.9. The van der Waals surface area contributed by atoms with E-state index in [1.54, 1.807) is 4.90 Å². The number of nitrogens with zero attached hydrogens (tertiary/aromatic N) is 1. The Morgan fingerprint density at radius 1 is 1.07 bits per heavy atom. The van der Waals surface area contributed by atoms with E-state index in [0.29, 0.717) is 30.3 Å². The fourth-order valence-corrected chi connectivity index (χ4v) is 6.33. The molecule has 0 aliphatic carbocycles. The minimum atomic E-state index is 0.161. The number of nitrogens with two attached hydrogens (primary N) is 1. The van der Waals surface area contributed by atoms with Crippen molar-refractivity contribution < 1.29 is 19.8 Å². The van der Waals surface area contributed by atoms with Gasteiger partial charge in [-0.15, -0.1) is 0 Å². The highest BCUT2D eigenvalue weighted by Gasteiger charge is 2.44. The monoisotopic (exact) mass is 410 g/mol. The van der Waals surface area contributed by atoms with E-state index in [1.807, 2.05) is 0 Å². The van der Waals surface area contributed by atoms with Crippen LogP contribution in [0, 0.1) is 5.92 Å². The van der Waals surface area contributed by atoms with Crippen molar-refractivity contribution in [3.8, 4) is 0 Å². The maximum absolute atomic E-state index is 6.16. The molecule has 29 heavy (non-hydrogen) atoms. The number of morpholine rings is 1. The van der Waals surface area contributed by atoms with E-state index in [1.165, 1.54) is 71.1 Å². The molecule has 5 saturated heterocycles. The number of hydroxylamine groups is 1. The third-order valence-electron chi connectivity index (χ3n) is 8.00. The van der Waals surface area contributed by atoms with Crippen molar-refractivity contribution in [1.29, 1.82) is 0 Å². The van der Waals surface area contributed by atoms with Crippen molar-refractivity contribution >= 4 is 0 Å². The summed E-state index contributed by atoms with van der Waals surface area (Å²) >= 11 is 0. The molecule has 0 aromatic rings. The van der Waals surface area contributed by atoms with E-state index >= 15 is 0 Å². The summed E-state index contributed by atoms with van der Waals surface area (Å²) in [5, 5.41) is 10.1. The molecule has 5 fully saturated rings. The van der Waals surface area contributed by atoms with E-state index in [4.69, 9.17) is 9.57 Å². The minimum absolute atomic E-state index is 0.161. The van der Waals surface area contributed by atoms with E-state index in [0.717, 1.165) is 26.3 Å². The molecule has 5 aliphatic rings. The van der Waals surface area contributed by atoms with Crippen LogP contribution in [0.25, 0.3) is 0 Å². The van der Waals surface area contributed by atoms with Crippen LogP contribution in [0.15, 0.2) is 0 Å². The van der Waals surface area contributed by atoms with Gasteiger partial charge in [0.1, 0.15) is 12.2 Å². The van der Waals surface area contributed by atoms with Crippen LogP contribution in [0.2, 0.25) is 0 Å². The predicted molar refractivity (Wildman–Crippen MR) is 110 cm³/mol. The van der Waals surface area contributed by atoms with Gasteiger partial charge in [-0.2, -0.15) is 5.48 Å². The first-order valence-corrected chi connectivity index (χ1v) is 12.3. The van der Waals surface area contributed by atoms with Gasteiger partial charge in [0.25, 0.3) is 0 Å². The smallest absolute Gasteiger partial charge is 0.183 e. The number of quaternary nitrogens is 2. The highest BCUT2D eigenvalue weighted by Crippen LogP contribution is 2.22. The second kappa shape index (κ2) is 9.87. The summed E-state index contributed by atoms with van der Waals surface area (Å²) in [6.45, 7) is 8.90. The van der Waals surface area contributed by atoms with Crippen LogP contribution < -0.4 is 26.3 Å². The van der Waals surface area contributed by atoms with Gasteiger partial charge >= 0.3 is 0 Å². The SMILES string of the molecule is C1CCC(C[NH+]2CCC[C@H]2C2NC(C3CC[NH2+]C(N4CCOCC4)C3)NO2)NC1. The lowest BCUT2D eigenvalue weighted by atomic mass is 9.92. The molecule has 0 spiro atoms. The lowest BCUT2D eigenvalue weighted by molar-refractivity contribution is -0.917. The minimum Gasteiger partial charge on any atom is -0.379 e. The van der Waals surface area contributed by atoms with E-state index < -0.39 is 0 Å². The normalized spacial score (nSPS) is 44.9. The molecule has 0 bridgehead atoms. The van der Waals surface area contributed by atoms with Gasteiger partial charge in [0, 0.05) is 44.7 Å². The Morgan fingerprint density at radius 2 is 2.00 bits per heavy atom. The quantitative estimate of drug-likeness (QED) is 0.347. The van der Waals surface area contributed by atoms with Crippen molar-refractivity contribution in [2.75, 3.05) is 52.5 Å². The maximum Gasteiger partial charge on any atom is 0.183 e. The van der Waals surface area contributed by atoms with E-state index in [2.05, 4.69) is 26.3 Å². The fourth-order valence-electron chi connectivity index (χ4n) is 6.33. The number of piperidine rings is 2. The Labute approximate surface area is 175 Å². The number of rotatable bonds is 5. The van der Waals surface area contributed by atoms with Gasteiger partial charge in [-0.05, 0) is 19.4 Å². The molecule has 6 N–H and O–H groups in total. The first-order chi connectivity index (χ1) is 14.4. The van der Waals surface area contributed by atoms with Gasteiger partial charge < -0.3 is 20.3 Å². The zero-order chi connectivity index (χ0) is 19.5. The molecule has 0 aromatic carbocycles. The van der Waals surface area contributed by atoms with Crippen molar-refractivity contribution in [2.45, 2.75) is 75.6 Å². The summed E-state index contributed by atoms with van der Waals surface area (Å²) in [5.41, 5.74) is 3.40. The Morgan fingerprint density at radius 3 is 2.86 bits per heavy atom. The second-order valence-electron chi connectivity index (χ2n) is 9.83. The average Bonchev–Trinajstić information content (AvgIpc) is 3.45. The number of hydrogen-bond acceptors (Lipinski definition) is 6. The molecule has 8 nitrogen and oxygen atoms in total. The van der Waals surface area contributed by atoms with E-state index in [-0.39, 0.29) is 6.23 Å². The highest BCUT2D eigenvalue weighted by atomic mass is 16.7. The number of nitrogens with one attached hydrogen (secondary N) is 4. The summed E-state index contributed by atoms with van der Waals surface area (Å²) in [5.74, 6) is 0.641. The molecule has 8 heteroatoms. The summed E-state index contributed by atoms with van der Waals surface area (Å²) < 4.78 is 5.55. The van der Waals surface area contributed by atoms with Crippen LogP contribution in [-0.2, 0) is 9.57 Å². The molecule has 7 atom stereocenters. The first kappa shape index (κ1) is 20.6. The van der Waals surface area contributed by atoms with Crippen LogP contribution in [0.4, 0.5) is 0 Å². The zero-order valence-corrected chi connectivity index (χ0v) is 17.9. The Bertz CT molecular complexity index is 513. The third kappa shape index (κ3) is 4.96. The van der Waals surface area contributed by atoms with Crippen molar-refractivity contribution in [3.63, 3.8) is 0 Å². The molecule has 0 radical (unpaired) electrons. The summed E-state index contributed by atoms with van der Waals surface area (Å²) in [4.78, 5) is 10.5. The van der Waals surface area contributed by atoms with Crippen LogP contribution >= 0.6 is 0 Å². The first-order valence-electron chi connectivity index (χ1n) is 12.3. The molecule has 5 aliphatic heterocycles. The maximum atomic E-state index is 6.16. The molecular formula is C21H42N6O2+2. The molecular weight excluding hydrogens is 368 g/mol. The highest BCUT2D eigenvalue weighted by molar-refractivity contribution is 4.85. The molecule has 0 aromatic heterocycles. The van der Waals surface area contributed by atoms with Gasteiger partial charge in [0.05, 0.1) is 45.1 Å². The van der Waals surface area contributed by atoms with Crippen LogP contribution in [0.1, 0.15) is 44.9 Å². The van der Waals surface area contributed by atoms with Crippen molar-refractivity contribution in [2.24, 2.45) is 5.92 Å². The van der Waals surface area contributed by atoms with Crippen LogP contribution in [-0.4, -0.2) is 88.0 Å². The molecule has 0 amide bonds. The molecule has 0 saturated carbocycles. The Hall–Kier alpha value is -0.320. The van der Waals surface area contributed by atoms with Crippen molar-refractivity contribution in [1.82, 2.24) is 21.0 Å². The molecule has 5 heterocycles. The average molecular weight is 411 g/mol. The fraction of sp³-hybridized carbons (Fsp3) is 1.00. The van der Waals surface area contributed by atoms with Gasteiger partial charge in [0.15, 0.2) is 6.23 Å². The Kier molecular flexibility index (Phi) is 7.00. The van der Waals surface area contributed by atoms with Crippen molar-refractivity contribution in [3.05, 3.63) is 0 Å². The van der Waals surface area contributed by atoms with Gasteiger partial charge in [-0.1, -0.05) is 6.42 Å². The van der Waals surface area contributed by atoms with Gasteiger partial charge in [-0.3, -0.25) is 10.2 Å². The second-order valence-corrected chi connectivity index (χ2v) is 9.83.